The average Bonchev–Trinajstić information content (AvgIpc) is 3.08. The highest BCUT2D eigenvalue weighted by atomic mass is 16.5. The number of carbonyl (C=O) groups excluding carboxylic acids is 3. The number of hydrogen-bond donors (Lipinski definition) is 1. The lowest BCUT2D eigenvalue weighted by atomic mass is 10.1. The van der Waals surface area contributed by atoms with E-state index in [1.807, 2.05) is 43.5 Å². The monoisotopic (exact) mass is 440 g/mol. The molecule has 0 atom stereocenters. The maximum absolute atomic E-state index is 13.1. The van der Waals surface area contributed by atoms with Crippen LogP contribution < -0.4 is 5.32 Å². The van der Waals surface area contributed by atoms with Gasteiger partial charge in [0, 0.05) is 55.4 Å². The predicted octanol–water partition coefficient (Wildman–Crippen LogP) is 1.82. The molecule has 2 heterocycles. The van der Waals surface area contributed by atoms with Gasteiger partial charge in [-0.25, -0.2) is 4.79 Å². The largest absolute Gasteiger partial charge is 0.465 e. The highest BCUT2D eigenvalue weighted by Gasteiger charge is 2.23. The van der Waals surface area contributed by atoms with Gasteiger partial charge >= 0.3 is 5.97 Å². The second kappa shape index (κ2) is 10.6. The van der Waals surface area contributed by atoms with Crippen LogP contribution in [-0.2, 0) is 9.53 Å². The van der Waals surface area contributed by atoms with Crippen LogP contribution in [0.3, 0.4) is 0 Å². The molecule has 1 aliphatic rings. The first-order chi connectivity index (χ1) is 15.3. The lowest BCUT2D eigenvalue weighted by Gasteiger charge is -2.33. The Labute approximate surface area is 189 Å². The number of Topliss-reactive ketones (excluding diaryl/α,β-unsaturated/α-hetero) is 1. The van der Waals surface area contributed by atoms with Gasteiger partial charge in [-0.05, 0) is 51.1 Å². The van der Waals surface area contributed by atoms with E-state index in [0.29, 0.717) is 30.8 Å². The number of ether oxygens (including phenoxy) is 1. The van der Waals surface area contributed by atoms with Crippen LogP contribution in [0, 0.1) is 13.8 Å². The van der Waals surface area contributed by atoms with Crippen LogP contribution in [0.15, 0.2) is 30.3 Å². The lowest BCUT2D eigenvalue weighted by Crippen LogP contribution is -2.50. The summed E-state index contributed by atoms with van der Waals surface area (Å²) >= 11 is 0. The molecular weight excluding hydrogens is 408 g/mol. The molecule has 1 aromatic carbocycles. The normalized spacial score (nSPS) is 14.9. The van der Waals surface area contributed by atoms with Gasteiger partial charge in [-0.2, -0.15) is 0 Å². The summed E-state index contributed by atoms with van der Waals surface area (Å²) in [5.41, 5.74) is 3.94. The minimum Gasteiger partial charge on any atom is -0.465 e. The Bertz CT molecular complexity index is 973. The van der Waals surface area contributed by atoms with E-state index < -0.39 is 0 Å². The van der Waals surface area contributed by atoms with Crippen molar-refractivity contribution < 1.29 is 19.1 Å². The SMILES string of the molecule is CCNC(=O)CN1CCN(CC(=O)c2cc(C)n(-c3ccc(C(=O)OC)cc3)c2C)CC1. The van der Waals surface area contributed by atoms with E-state index in [0.717, 1.165) is 43.3 Å². The Morgan fingerprint density at radius 2 is 1.56 bits per heavy atom. The molecule has 32 heavy (non-hydrogen) atoms. The Balaban J connectivity index is 1.64. The number of esters is 1. The topological polar surface area (TPSA) is 83.9 Å². The molecule has 0 bridgehead atoms. The summed E-state index contributed by atoms with van der Waals surface area (Å²) in [6.07, 6.45) is 0. The number of hydrogen-bond acceptors (Lipinski definition) is 6. The van der Waals surface area contributed by atoms with E-state index in [1.165, 1.54) is 7.11 Å². The van der Waals surface area contributed by atoms with E-state index in [4.69, 9.17) is 4.74 Å². The third-order valence-electron chi connectivity index (χ3n) is 5.85. The minimum atomic E-state index is -0.376. The van der Waals surface area contributed by atoms with Gasteiger partial charge in [-0.1, -0.05) is 0 Å². The van der Waals surface area contributed by atoms with Crippen molar-refractivity contribution in [1.29, 1.82) is 0 Å². The number of aryl methyl sites for hydroxylation is 1. The molecule has 8 heteroatoms. The van der Waals surface area contributed by atoms with Crippen LogP contribution in [0.25, 0.3) is 5.69 Å². The minimum absolute atomic E-state index is 0.0454. The van der Waals surface area contributed by atoms with Gasteiger partial charge in [0.1, 0.15) is 0 Å². The molecule has 1 fully saturated rings. The zero-order chi connectivity index (χ0) is 23.3. The average molecular weight is 441 g/mol. The van der Waals surface area contributed by atoms with E-state index in [9.17, 15) is 14.4 Å². The Kier molecular flexibility index (Phi) is 7.82. The zero-order valence-corrected chi connectivity index (χ0v) is 19.3. The summed E-state index contributed by atoms with van der Waals surface area (Å²) < 4.78 is 6.78. The number of rotatable bonds is 8. The molecule has 2 aromatic rings. The van der Waals surface area contributed by atoms with E-state index in [2.05, 4.69) is 15.1 Å². The Hall–Kier alpha value is -2.97. The van der Waals surface area contributed by atoms with Crippen molar-refractivity contribution in [1.82, 2.24) is 19.7 Å². The molecule has 0 aliphatic carbocycles. The molecule has 172 valence electrons. The summed E-state index contributed by atoms with van der Waals surface area (Å²) in [5.74, 6) is -0.240. The first kappa shape index (κ1) is 23.7. The number of likely N-dealkylation sites (N-methyl/N-ethyl adjacent to an activating group) is 1. The van der Waals surface area contributed by atoms with Gasteiger partial charge in [-0.15, -0.1) is 0 Å². The van der Waals surface area contributed by atoms with Crippen LogP contribution >= 0.6 is 0 Å². The quantitative estimate of drug-likeness (QED) is 0.498. The number of aromatic nitrogens is 1. The van der Waals surface area contributed by atoms with E-state index in [-0.39, 0.29) is 17.7 Å². The van der Waals surface area contributed by atoms with E-state index in [1.54, 1.807) is 12.1 Å². The molecule has 0 saturated carbocycles. The number of piperazine rings is 1. The van der Waals surface area contributed by atoms with Crippen LogP contribution in [0.5, 0.6) is 0 Å². The van der Waals surface area contributed by atoms with Crippen LogP contribution in [0.4, 0.5) is 0 Å². The fourth-order valence-electron chi connectivity index (χ4n) is 4.16. The number of nitrogens with one attached hydrogen (secondary N) is 1. The highest BCUT2D eigenvalue weighted by Crippen LogP contribution is 2.22. The summed E-state index contributed by atoms with van der Waals surface area (Å²) in [6.45, 7) is 10.3. The van der Waals surface area contributed by atoms with Crippen LogP contribution in [0.2, 0.25) is 0 Å². The molecular formula is C24H32N4O4. The van der Waals surface area contributed by atoms with Crippen molar-refractivity contribution in [2.75, 3.05) is 52.9 Å². The van der Waals surface area contributed by atoms with Gasteiger partial charge in [-0.3, -0.25) is 19.4 Å². The van der Waals surface area contributed by atoms with Gasteiger partial charge in [0.15, 0.2) is 5.78 Å². The second-order valence-corrected chi connectivity index (χ2v) is 8.09. The first-order valence-corrected chi connectivity index (χ1v) is 11.0. The van der Waals surface area contributed by atoms with Crippen molar-refractivity contribution in [3.63, 3.8) is 0 Å². The maximum atomic E-state index is 13.1. The number of ketones is 1. The lowest BCUT2D eigenvalue weighted by molar-refractivity contribution is -0.122. The molecule has 0 radical (unpaired) electrons. The fraction of sp³-hybridized carbons (Fsp3) is 0.458. The molecule has 1 aromatic heterocycles. The number of amides is 1. The van der Waals surface area contributed by atoms with Crippen molar-refractivity contribution in [3.05, 3.63) is 52.8 Å². The molecule has 1 saturated heterocycles. The predicted molar refractivity (Wildman–Crippen MR) is 122 cm³/mol. The number of carbonyl (C=O) groups is 3. The molecule has 0 spiro atoms. The number of benzene rings is 1. The standard InChI is InChI=1S/C24H32N4O4/c1-5-25-23(30)16-27-12-10-26(11-13-27)15-22(29)21-14-17(2)28(18(21)3)20-8-6-19(7-9-20)24(31)32-4/h6-9,14H,5,10-13,15-16H2,1-4H3,(H,25,30). The fourth-order valence-corrected chi connectivity index (χ4v) is 4.16. The maximum Gasteiger partial charge on any atom is 0.337 e. The van der Waals surface area contributed by atoms with Gasteiger partial charge < -0.3 is 14.6 Å². The van der Waals surface area contributed by atoms with E-state index >= 15 is 0 Å². The molecule has 1 N–H and O–H groups in total. The molecule has 8 nitrogen and oxygen atoms in total. The van der Waals surface area contributed by atoms with Crippen molar-refractivity contribution in [3.8, 4) is 5.69 Å². The van der Waals surface area contributed by atoms with Crippen molar-refractivity contribution in [2.24, 2.45) is 0 Å². The zero-order valence-electron chi connectivity index (χ0n) is 19.3. The smallest absolute Gasteiger partial charge is 0.337 e. The van der Waals surface area contributed by atoms with Gasteiger partial charge in [0.25, 0.3) is 0 Å². The number of methoxy groups -OCH3 is 1. The molecule has 3 rings (SSSR count). The van der Waals surface area contributed by atoms with Gasteiger partial charge in [0.05, 0.1) is 25.8 Å². The Morgan fingerprint density at radius 1 is 0.969 bits per heavy atom. The van der Waals surface area contributed by atoms with Crippen LogP contribution in [0.1, 0.15) is 39.0 Å². The van der Waals surface area contributed by atoms with Crippen molar-refractivity contribution in [2.45, 2.75) is 20.8 Å². The summed E-state index contributed by atoms with van der Waals surface area (Å²) in [6, 6.07) is 9.09. The first-order valence-electron chi connectivity index (χ1n) is 11.0. The van der Waals surface area contributed by atoms with Crippen molar-refractivity contribution >= 4 is 17.7 Å². The summed E-state index contributed by atoms with van der Waals surface area (Å²) in [7, 11) is 1.36. The summed E-state index contributed by atoms with van der Waals surface area (Å²) in [5, 5.41) is 2.82. The third-order valence-corrected chi connectivity index (χ3v) is 5.85. The van der Waals surface area contributed by atoms with Gasteiger partial charge in [0.2, 0.25) is 5.91 Å². The Morgan fingerprint density at radius 3 is 2.12 bits per heavy atom. The molecule has 0 unspecified atom stereocenters. The summed E-state index contributed by atoms with van der Waals surface area (Å²) in [4.78, 5) is 40.8. The highest BCUT2D eigenvalue weighted by molar-refractivity contribution is 5.99. The van der Waals surface area contributed by atoms with Crippen LogP contribution in [-0.4, -0.2) is 84.9 Å². The third kappa shape index (κ3) is 5.44. The molecule has 1 aliphatic heterocycles. The number of nitrogens with zero attached hydrogens (tertiary/aromatic N) is 3. The second-order valence-electron chi connectivity index (χ2n) is 8.09. The molecule has 1 amide bonds.